The maximum Gasteiger partial charge on any atom is 0.269 e. The molecule has 0 aliphatic rings. The van der Waals surface area contributed by atoms with E-state index in [1.807, 2.05) is 25.1 Å². The van der Waals surface area contributed by atoms with Crippen LogP contribution >= 0.6 is 15.9 Å². The van der Waals surface area contributed by atoms with E-state index in [2.05, 4.69) is 20.9 Å². The lowest BCUT2D eigenvalue weighted by Crippen LogP contribution is -2.04. The standard InChI is InChI=1S/C20H15BrN2O4/c1-13-18(20(24)12-21)10-11-19(22-13)14-2-6-16(7-3-14)27-17-8-4-15(5-9-17)23(25)26/h2-11H,12H2,1H3. The number of benzene rings is 2. The van der Waals surface area contributed by atoms with Crippen LogP contribution in [-0.4, -0.2) is 21.0 Å². The van der Waals surface area contributed by atoms with Gasteiger partial charge in [0, 0.05) is 29.0 Å². The van der Waals surface area contributed by atoms with Crippen LogP contribution in [0.25, 0.3) is 11.3 Å². The molecule has 0 bridgehead atoms. The Morgan fingerprint density at radius 1 is 1.04 bits per heavy atom. The molecule has 7 heteroatoms. The van der Waals surface area contributed by atoms with Crippen molar-refractivity contribution in [1.82, 2.24) is 4.98 Å². The van der Waals surface area contributed by atoms with E-state index in [1.54, 1.807) is 30.3 Å². The molecule has 0 unspecified atom stereocenters. The summed E-state index contributed by atoms with van der Waals surface area (Å²) in [6.45, 7) is 1.81. The van der Waals surface area contributed by atoms with Crippen molar-refractivity contribution in [3.63, 3.8) is 0 Å². The van der Waals surface area contributed by atoms with Gasteiger partial charge in [-0.25, -0.2) is 0 Å². The summed E-state index contributed by atoms with van der Waals surface area (Å²) < 4.78 is 5.70. The average molecular weight is 427 g/mol. The third-order valence-corrected chi connectivity index (χ3v) is 4.45. The summed E-state index contributed by atoms with van der Waals surface area (Å²) in [5, 5.41) is 10.9. The zero-order valence-corrected chi connectivity index (χ0v) is 16.0. The van der Waals surface area contributed by atoms with Gasteiger partial charge in [-0.05, 0) is 55.5 Å². The summed E-state index contributed by atoms with van der Waals surface area (Å²) in [4.78, 5) is 26.5. The number of rotatable bonds is 6. The molecule has 0 fully saturated rings. The predicted molar refractivity (Wildman–Crippen MR) is 106 cm³/mol. The van der Waals surface area contributed by atoms with Gasteiger partial charge in [0.2, 0.25) is 0 Å². The van der Waals surface area contributed by atoms with Crippen LogP contribution in [-0.2, 0) is 0 Å². The molecule has 0 N–H and O–H groups in total. The molecule has 0 atom stereocenters. The number of hydrogen-bond acceptors (Lipinski definition) is 5. The number of nitro groups is 1. The van der Waals surface area contributed by atoms with Crippen LogP contribution in [0, 0.1) is 17.0 Å². The molecular formula is C20H15BrN2O4. The smallest absolute Gasteiger partial charge is 0.269 e. The molecule has 3 aromatic rings. The Kier molecular flexibility index (Phi) is 5.61. The van der Waals surface area contributed by atoms with E-state index in [-0.39, 0.29) is 16.8 Å². The molecule has 6 nitrogen and oxygen atoms in total. The van der Waals surface area contributed by atoms with Crippen molar-refractivity contribution < 1.29 is 14.5 Å². The molecule has 0 radical (unpaired) electrons. The Morgan fingerprint density at radius 3 is 2.15 bits per heavy atom. The second-order valence-corrected chi connectivity index (χ2v) is 6.32. The van der Waals surface area contributed by atoms with Crippen molar-refractivity contribution in [3.8, 4) is 22.8 Å². The lowest BCUT2D eigenvalue weighted by Gasteiger charge is -2.08. The van der Waals surface area contributed by atoms with Gasteiger partial charge in [-0.15, -0.1) is 0 Å². The zero-order valence-electron chi connectivity index (χ0n) is 14.4. The first-order chi connectivity index (χ1) is 13.0. The number of pyridine rings is 1. The zero-order chi connectivity index (χ0) is 19.4. The van der Waals surface area contributed by atoms with E-state index in [1.165, 1.54) is 12.1 Å². The Labute approximate surface area is 164 Å². The van der Waals surface area contributed by atoms with Gasteiger partial charge >= 0.3 is 0 Å². The number of non-ortho nitro benzene ring substituents is 1. The van der Waals surface area contributed by atoms with E-state index in [0.717, 1.165) is 11.3 Å². The molecular weight excluding hydrogens is 412 g/mol. The van der Waals surface area contributed by atoms with Crippen molar-refractivity contribution in [2.75, 3.05) is 5.33 Å². The normalized spacial score (nSPS) is 10.4. The highest BCUT2D eigenvalue weighted by atomic mass is 79.9. The van der Waals surface area contributed by atoms with Crippen LogP contribution in [0.3, 0.4) is 0 Å². The first-order valence-electron chi connectivity index (χ1n) is 8.07. The van der Waals surface area contributed by atoms with Gasteiger partial charge in [0.05, 0.1) is 15.9 Å². The molecule has 0 amide bonds. The van der Waals surface area contributed by atoms with Crippen LogP contribution in [0.2, 0.25) is 0 Å². The Hall–Kier alpha value is -3.06. The number of aryl methyl sites for hydroxylation is 1. The van der Waals surface area contributed by atoms with Crippen LogP contribution in [0.4, 0.5) is 5.69 Å². The van der Waals surface area contributed by atoms with Crippen molar-refractivity contribution >= 4 is 27.4 Å². The topological polar surface area (TPSA) is 82.3 Å². The third-order valence-electron chi connectivity index (χ3n) is 3.94. The summed E-state index contributed by atoms with van der Waals surface area (Å²) >= 11 is 3.17. The second-order valence-electron chi connectivity index (χ2n) is 5.76. The summed E-state index contributed by atoms with van der Waals surface area (Å²) in [6, 6.07) is 16.8. The molecule has 0 spiro atoms. The van der Waals surface area contributed by atoms with Crippen LogP contribution in [0.15, 0.2) is 60.7 Å². The predicted octanol–water partition coefficient (Wildman–Crippen LogP) is 5.34. The number of nitrogens with zero attached hydrogens (tertiary/aromatic N) is 2. The number of hydrogen-bond donors (Lipinski definition) is 0. The molecule has 0 aliphatic carbocycles. The fraction of sp³-hybridized carbons (Fsp3) is 0.100. The molecule has 1 aromatic heterocycles. The molecule has 1 heterocycles. The highest BCUT2D eigenvalue weighted by molar-refractivity contribution is 9.09. The van der Waals surface area contributed by atoms with Crippen molar-refractivity contribution in [2.45, 2.75) is 6.92 Å². The molecule has 0 aliphatic heterocycles. The van der Waals surface area contributed by atoms with E-state index < -0.39 is 4.92 Å². The van der Waals surface area contributed by atoms with Gasteiger partial charge in [-0.3, -0.25) is 19.9 Å². The number of carbonyl (C=O) groups excluding carboxylic acids is 1. The number of ketones is 1. The molecule has 0 saturated carbocycles. The number of ether oxygens (including phenoxy) is 1. The van der Waals surface area contributed by atoms with E-state index in [9.17, 15) is 14.9 Å². The van der Waals surface area contributed by atoms with Crippen LogP contribution in [0.1, 0.15) is 16.1 Å². The minimum atomic E-state index is -0.454. The highest BCUT2D eigenvalue weighted by Gasteiger charge is 2.10. The third kappa shape index (κ3) is 4.38. The fourth-order valence-electron chi connectivity index (χ4n) is 2.55. The van der Waals surface area contributed by atoms with Gasteiger partial charge in [0.1, 0.15) is 11.5 Å². The fourth-order valence-corrected chi connectivity index (χ4v) is 2.86. The number of nitro benzene ring substituents is 1. The minimum absolute atomic E-state index is 0.00149. The average Bonchev–Trinajstić information content (AvgIpc) is 2.68. The number of Topliss-reactive ketones (excluding diaryl/α,β-unsaturated/α-hetero) is 1. The largest absolute Gasteiger partial charge is 0.457 e. The van der Waals surface area contributed by atoms with Crippen molar-refractivity contribution in [2.24, 2.45) is 0 Å². The Balaban J connectivity index is 1.76. The summed E-state index contributed by atoms with van der Waals surface area (Å²) in [6.07, 6.45) is 0. The molecule has 0 saturated heterocycles. The molecule has 136 valence electrons. The number of alkyl halides is 1. The minimum Gasteiger partial charge on any atom is -0.457 e. The van der Waals surface area contributed by atoms with Crippen molar-refractivity contribution in [1.29, 1.82) is 0 Å². The lowest BCUT2D eigenvalue weighted by molar-refractivity contribution is -0.384. The Morgan fingerprint density at radius 2 is 1.63 bits per heavy atom. The summed E-state index contributed by atoms with van der Waals surface area (Å²) in [7, 11) is 0. The van der Waals surface area contributed by atoms with Crippen LogP contribution < -0.4 is 4.74 Å². The Bertz CT molecular complexity index is 986. The van der Waals surface area contributed by atoms with E-state index in [4.69, 9.17) is 4.74 Å². The van der Waals surface area contributed by atoms with Gasteiger partial charge < -0.3 is 4.74 Å². The molecule has 3 rings (SSSR count). The van der Waals surface area contributed by atoms with Gasteiger partial charge in [-0.2, -0.15) is 0 Å². The maximum atomic E-state index is 11.8. The number of carbonyl (C=O) groups is 1. The van der Waals surface area contributed by atoms with E-state index in [0.29, 0.717) is 22.8 Å². The summed E-state index contributed by atoms with van der Waals surface area (Å²) in [5.41, 5.74) is 2.96. The number of aromatic nitrogens is 1. The highest BCUT2D eigenvalue weighted by Crippen LogP contribution is 2.27. The second kappa shape index (κ2) is 8.09. The maximum absolute atomic E-state index is 11.8. The van der Waals surface area contributed by atoms with Crippen molar-refractivity contribution in [3.05, 3.63) is 82.0 Å². The number of halogens is 1. The first kappa shape index (κ1) is 18.7. The quantitative estimate of drug-likeness (QED) is 0.230. The molecule has 2 aromatic carbocycles. The molecule has 27 heavy (non-hydrogen) atoms. The van der Waals surface area contributed by atoms with Gasteiger partial charge in [-0.1, -0.05) is 15.9 Å². The van der Waals surface area contributed by atoms with Gasteiger partial charge in [0.15, 0.2) is 5.78 Å². The lowest BCUT2D eigenvalue weighted by atomic mass is 10.1. The van der Waals surface area contributed by atoms with E-state index >= 15 is 0 Å². The SMILES string of the molecule is Cc1nc(-c2ccc(Oc3ccc([N+](=O)[O-])cc3)cc2)ccc1C(=O)CBr. The van der Waals surface area contributed by atoms with Gasteiger partial charge in [0.25, 0.3) is 5.69 Å². The van der Waals surface area contributed by atoms with Crippen LogP contribution in [0.5, 0.6) is 11.5 Å². The monoisotopic (exact) mass is 426 g/mol. The first-order valence-corrected chi connectivity index (χ1v) is 9.19. The summed E-state index contributed by atoms with van der Waals surface area (Å²) in [5.74, 6) is 1.12.